The van der Waals surface area contributed by atoms with E-state index in [0.29, 0.717) is 23.5 Å². The minimum atomic E-state index is 0.120. The Labute approximate surface area is 132 Å². The van der Waals surface area contributed by atoms with Gasteiger partial charge in [0.15, 0.2) is 17.0 Å². The van der Waals surface area contributed by atoms with Gasteiger partial charge in [-0.15, -0.1) is 5.10 Å². The summed E-state index contributed by atoms with van der Waals surface area (Å²) in [5.41, 5.74) is 2.07. The van der Waals surface area contributed by atoms with Crippen LogP contribution in [-0.2, 0) is 6.54 Å². The van der Waals surface area contributed by atoms with E-state index in [9.17, 15) is 5.11 Å². The van der Waals surface area contributed by atoms with E-state index in [1.807, 2.05) is 19.9 Å². The van der Waals surface area contributed by atoms with Gasteiger partial charge in [-0.1, -0.05) is 17.3 Å². The van der Waals surface area contributed by atoms with Crippen LogP contribution in [0.5, 0.6) is 5.75 Å². The topological polar surface area (TPSA) is 88.8 Å². The van der Waals surface area contributed by atoms with Crippen LogP contribution in [0.1, 0.15) is 25.5 Å². The maximum Gasteiger partial charge on any atom is 0.226 e. The maximum atomic E-state index is 9.49. The third kappa shape index (κ3) is 2.80. The van der Waals surface area contributed by atoms with Gasteiger partial charge in [0.25, 0.3) is 0 Å². The van der Waals surface area contributed by atoms with E-state index in [1.54, 1.807) is 22.9 Å². The van der Waals surface area contributed by atoms with Gasteiger partial charge in [0.05, 0.1) is 6.04 Å². The van der Waals surface area contributed by atoms with E-state index in [2.05, 4.69) is 25.6 Å². The molecule has 7 nitrogen and oxygen atoms in total. The average Bonchev–Trinajstić information content (AvgIpc) is 2.88. The summed E-state index contributed by atoms with van der Waals surface area (Å²) in [5, 5.41) is 21.0. The van der Waals surface area contributed by atoms with E-state index >= 15 is 0 Å². The average molecular weight is 319 g/mol. The fourth-order valence-corrected chi connectivity index (χ4v) is 2.29. The fraction of sp³-hybridized carbons (Fsp3) is 0.286. The van der Waals surface area contributed by atoms with Crippen molar-refractivity contribution in [2.24, 2.45) is 0 Å². The molecule has 114 valence electrons. The Kier molecular flexibility index (Phi) is 3.81. The van der Waals surface area contributed by atoms with Crippen molar-refractivity contribution in [2.75, 3.05) is 5.32 Å². The number of hydrogen-bond acceptors (Lipinski definition) is 6. The Morgan fingerprint density at radius 1 is 1.32 bits per heavy atom. The summed E-state index contributed by atoms with van der Waals surface area (Å²) in [7, 11) is 0. The maximum absolute atomic E-state index is 9.49. The zero-order chi connectivity index (χ0) is 15.7. The molecular formula is C14H15ClN6O. The summed E-state index contributed by atoms with van der Waals surface area (Å²) in [5.74, 6) is 0.737. The van der Waals surface area contributed by atoms with Crippen LogP contribution in [0.25, 0.3) is 11.2 Å². The number of anilines is 1. The van der Waals surface area contributed by atoms with Gasteiger partial charge < -0.3 is 10.4 Å². The summed E-state index contributed by atoms with van der Waals surface area (Å²) in [6.45, 7) is 4.46. The number of nitrogens with zero attached hydrogens (tertiary/aromatic N) is 5. The lowest BCUT2D eigenvalue weighted by atomic mass is 10.2. The van der Waals surface area contributed by atoms with Crippen molar-refractivity contribution in [3.63, 3.8) is 0 Å². The molecule has 0 spiro atoms. The van der Waals surface area contributed by atoms with Gasteiger partial charge in [0.1, 0.15) is 5.75 Å². The van der Waals surface area contributed by atoms with Crippen molar-refractivity contribution in [3.8, 4) is 5.75 Å². The van der Waals surface area contributed by atoms with Crippen LogP contribution in [0.2, 0.25) is 5.28 Å². The molecule has 0 atom stereocenters. The lowest BCUT2D eigenvalue weighted by Gasteiger charge is -2.08. The van der Waals surface area contributed by atoms with Gasteiger partial charge >= 0.3 is 0 Å². The summed E-state index contributed by atoms with van der Waals surface area (Å²) in [6, 6.07) is 7.10. The number of nitrogens with one attached hydrogen (secondary N) is 1. The largest absolute Gasteiger partial charge is 0.508 e. The van der Waals surface area contributed by atoms with Gasteiger partial charge in [-0.2, -0.15) is 9.97 Å². The molecule has 0 fully saturated rings. The minimum absolute atomic E-state index is 0.120. The number of halogens is 1. The lowest BCUT2D eigenvalue weighted by molar-refractivity contribution is 0.474. The van der Waals surface area contributed by atoms with Crippen molar-refractivity contribution >= 4 is 28.6 Å². The van der Waals surface area contributed by atoms with E-state index < -0.39 is 0 Å². The number of phenols is 1. The molecule has 3 rings (SSSR count). The van der Waals surface area contributed by atoms with Gasteiger partial charge in [-0.05, 0) is 43.1 Å². The van der Waals surface area contributed by atoms with Crippen molar-refractivity contribution in [1.82, 2.24) is 25.0 Å². The van der Waals surface area contributed by atoms with Crippen LogP contribution < -0.4 is 5.32 Å². The molecule has 8 heteroatoms. The molecule has 0 radical (unpaired) electrons. The standard InChI is InChI=1S/C14H15ClN6O/c1-8(2)21-13-11(19-20-21)12(17-14(15)18-13)16-7-9-4-3-5-10(22)6-9/h3-6,8,22H,7H2,1-2H3,(H,16,17,18). The molecule has 22 heavy (non-hydrogen) atoms. The molecule has 0 bridgehead atoms. The Balaban J connectivity index is 1.93. The van der Waals surface area contributed by atoms with Crippen LogP contribution in [0.4, 0.5) is 5.82 Å². The summed E-state index contributed by atoms with van der Waals surface area (Å²) >= 11 is 5.99. The predicted octanol–water partition coefficient (Wildman–Crippen LogP) is 2.77. The number of benzene rings is 1. The van der Waals surface area contributed by atoms with Crippen LogP contribution >= 0.6 is 11.6 Å². The molecule has 2 aromatic heterocycles. The third-order valence-electron chi connectivity index (χ3n) is 3.16. The molecule has 2 heterocycles. The normalized spacial score (nSPS) is 11.3. The second-order valence-electron chi connectivity index (χ2n) is 5.16. The van der Waals surface area contributed by atoms with E-state index in [1.165, 1.54) is 0 Å². The third-order valence-corrected chi connectivity index (χ3v) is 3.33. The molecular weight excluding hydrogens is 304 g/mol. The van der Waals surface area contributed by atoms with Gasteiger partial charge in [-0.3, -0.25) is 0 Å². The number of aromatic nitrogens is 5. The molecule has 0 saturated heterocycles. The van der Waals surface area contributed by atoms with Gasteiger partial charge in [0.2, 0.25) is 5.28 Å². The molecule has 0 amide bonds. The molecule has 2 N–H and O–H groups in total. The Morgan fingerprint density at radius 2 is 2.14 bits per heavy atom. The van der Waals surface area contributed by atoms with Gasteiger partial charge in [-0.25, -0.2) is 4.68 Å². The fourth-order valence-electron chi connectivity index (χ4n) is 2.13. The van der Waals surface area contributed by atoms with Crippen LogP contribution in [0, 0.1) is 0 Å². The molecule has 0 aliphatic carbocycles. The first kappa shape index (κ1) is 14.5. The molecule has 0 aliphatic heterocycles. The molecule has 1 aromatic carbocycles. The zero-order valence-electron chi connectivity index (χ0n) is 12.2. The van der Waals surface area contributed by atoms with Crippen LogP contribution in [0.3, 0.4) is 0 Å². The van der Waals surface area contributed by atoms with Crippen molar-refractivity contribution in [3.05, 3.63) is 35.1 Å². The second kappa shape index (κ2) is 5.76. The quantitative estimate of drug-likeness (QED) is 0.719. The highest BCUT2D eigenvalue weighted by molar-refractivity contribution is 6.28. The molecule has 0 unspecified atom stereocenters. The van der Waals surface area contributed by atoms with E-state index in [4.69, 9.17) is 11.6 Å². The first-order chi connectivity index (χ1) is 10.5. The Hall–Kier alpha value is -2.41. The number of aromatic hydroxyl groups is 1. The number of hydrogen-bond donors (Lipinski definition) is 2. The highest BCUT2D eigenvalue weighted by atomic mass is 35.5. The van der Waals surface area contributed by atoms with Gasteiger partial charge in [0, 0.05) is 6.54 Å². The van der Waals surface area contributed by atoms with Crippen molar-refractivity contribution in [1.29, 1.82) is 0 Å². The lowest BCUT2D eigenvalue weighted by Crippen LogP contribution is -2.06. The first-order valence-corrected chi connectivity index (χ1v) is 7.22. The van der Waals surface area contributed by atoms with Crippen LogP contribution in [-0.4, -0.2) is 30.1 Å². The number of rotatable bonds is 4. The zero-order valence-corrected chi connectivity index (χ0v) is 12.9. The number of phenolic OH excluding ortho intramolecular Hbond substituents is 1. The van der Waals surface area contributed by atoms with Crippen molar-refractivity contribution in [2.45, 2.75) is 26.4 Å². The van der Waals surface area contributed by atoms with E-state index in [-0.39, 0.29) is 17.1 Å². The van der Waals surface area contributed by atoms with Crippen molar-refractivity contribution < 1.29 is 5.11 Å². The Bertz CT molecular complexity index is 816. The predicted molar refractivity (Wildman–Crippen MR) is 83.9 cm³/mol. The first-order valence-electron chi connectivity index (χ1n) is 6.85. The minimum Gasteiger partial charge on any atom is -0.508 e. The molecule has 0 aliphatic rings. The highest BCUT2D eigenvalue weighted by Gasteiger charge is 2.15. The molecule has 0 saturated carbocycles. The smallest absolute Gasteiger partial charge is 0.226 e. The SMILES string of the molecule is CC(C)n1nnc2c(NCc3cccc(O)c3)nc(Cl)nc21. The van der Waals surface area contributed by atoms with E-state index in [0.717, 1.165) is 5.56 Å². The Morgan fingerprint density at radius 3 is 2.86 bits per heavy atom. The monoisotopic (exact) mass is 318 g/mol. The number of fused-ring (bicyclic) bond motifs is 1. The summed E-state index contributed by atoms with van der Waals surface area (Å²) in [6.07, 6.45) is 0. The second-order valence-corrected chi connectivity index (χ2v) is 5.50. The van der Waals surface area contributed by atoms with Crippen LogP contribution in [0.15, 0.2) is 24.3 Å². The summed E-state index contributed by atoms with van der Waals surface area (Å²) < 4.78 is 1.70. The molecule has 3 aromatic rings. The highest BCUT2D eigenvalue weighted by Crippen LogP contribution is 2.22. The summed E-state index contributed by atoms with van der Waals surface area (Å²) in [4.78, 5) is 8.38.